The quantitative estimate of drug-likeness (QED) is 0.435. The van der Waals surface area contributed by atoms with Crippen LogP contribution in [0.15, 0.2) is 0 Å². The lowest BCUT2D eigenvalue weighted by Crippen LogP contribution is -2.38. The number of aliphatic hydroxyl groups excluding tert-OH is 1. The molecule has 4 nitrogen and oxygen atoms in total. The summed E-state index contributed by atoms with van der Waals surface area (Å²) >= 11 is 0. The molecule has 54 valence electrons. The van der Waals surface area contributed by atoms with Crippen LogP contribution in [0.2, 0.25) is 0 Å². The third kappa shape index (κ3) is 5.26. The van der Waals surface area contributed by atoms with Crippen molar-refractivity contribution in [2.24, 2.45) is 5.73 Å². The van der Waals surface area contributed by atoms with Gasteiger partial charge in [-0.05, 0) is 0 Å². The lowest BCUT2D eigenvalue weighted by Gasteiger charge is -2.06. The fraction of sp³-hybridized carbons (Fsp3) is 0.800. The first-order valence-corrected chi connectivity index (χ1v) is 2.77. The Morgan fingerprint density at radius 1 is 1.89 bits per heavy atom. The van der Waals surface area contributed by atoms with E-state index >= 15 is 0 Å². The monoisotopic (exact) mass is 132 g/mol. The summed E-state index contributed by atoms with van der Waals surface area (Å²) in [4.78, 5) is 10.2. The van der Waals surface area contributed by atoms with Gasteiger partial charge in [0.1, 0.15) is 0 Å². The van der Waals surface area contributed by atoms with Crippen LogP contribution in [0, 0.1) is 0 Å². The van der Waals surface area contributed by atoms with E-state index in [0.717, 1.165) is 0 Å². The summed E-state index contributed by atoms with van der Waals surface area (Å²) in [6, 6.07) is -0.339. The van der Waals surface area contributed by atoms with Gasteiger partial charge in [0, 0.05) is 19.5 Å². The van der Waals surface area contributed by atoms with Gasteiger partial charge in [0.25, 0.3) is 0 Å². The van der Waals surface area contributed by atoms with Crippen LogP contribution < -0.4 is 11.1 Å². The molecule has 0 saturated heterocycles. The number of carbonyl (C=O) groups is 1. The minimum Gasteiger partial charge on any atom is -0.395 e. The molecule has 0 spiro atoms. The lowest BCUT2D eigenvalue weighted by molar-refractivity contribution is -0.119. The molecular formula is C5H12N2O2. The van der Waals surface area contributed by atoms with E-state index in [4.69, 9.17) is 10.8 Å². The van der Waals surface area contributed by atoms with Crippen molar-refractivity contribution in [3.05, 3.63) is 0 Å². The molecule has 9 heavy (non-hydrogen) atoms. The first-order chi connectivity index (χ1) is 4.16. The second-order valence-corrected chi connectivity index (χ2v) is 1.88. The van der Waals surface area contributed by atoms with E-state index in [-0.39, 0.29) is 18.6 Å². The lowest BCUT2D eigenvalue weighted by atomic mass is 10.3. The fourth-order valence-corrected chi connectivity index (χ4v) is 0.339. The molecule has 0 heterocycles. The van der Waals surface area contributed by atoms with E-state index in [2.05, 4.69) is 5.32 Å². The molecule has 4 N–H and O–H groups in total. The molecule has 0 saturated carbocycles. The summed E-state index contributed by atoms with van der Waals surface area (Å²) in [5.41, 5.74) is 5.26. The van der Waals surface area contributed by atoms with Gasteiger partial charge in [-0.1, -0.05) is 0 Å². The summed E-state index contributed by atoms with van der Waals surface area (Å²) in [6.07, 6.45) is 0. The van der Waals surface area contributed by atoms with E-state index < -0.39 is 0 Å². The van der Waals surface area contributed by atoms with Crippen molar-refractivity contribution in [3.63, 3.8) is 0 Å². The zero-order valence-electron chi connectivity index (χ0n) is 5.42. The smallest absolute Gasteiger partial charge is 0.216 e. The largest absolute Gasteiger partial charge is 0.395 e. The Bertz CT molecular complexity index is 95.0. The van der Waals surface area contributed by atoms with Gasteiger partial charge in [0.15, 0.2) is 0 Å². The molecule has 0 radical (unpaired) electrons. The van der Waals surface area contributed by atoms with Crippen LogP contribution in [0.5, 0.6) is 0 Å². The van der Waals surface area contributed by atoms with Crippen molar-refractivity contribution in [2.45, 2.75) is 13.0 Å². The summed E-state index contributed by atoms with van der Waals surface area (Å²) in [6.45, 7) is 1.65. The number of hydrogen-bond acceptors (Lipinski definition) is 3. The highest BCUT2D eigenvalue weighted by atomic mass is 16.3. The van der Waals surface area contributed by atoms with Crippen molar-refractivity contribution in [1.82, 2.24) is 5.32 Å². The second kappa shape index (κ2) is 4.29. The van der Waals surface area contributed by atoms with E-state index in [1.807, 2.05) is 0 Å². The van der Waals surface area contributed by atoms with Crippen LogP contribution >= 0.6 is 0 Å². The number of rotatable bonds is 3. The molecule has 0 aromatic carbocycles. The number of carbonyl (C=O) groups excluding carboxylic acids is 1. The molecule has 0 aliphatic rings. The molecule has 0 bridgehead atoms. The van der Waals surface area contributed by atoms with Gasteiger partial charge in [-0.2, -0.15) is 0 Å². The first-order valence-electron chi connectivity index (χ1n) is 2.77. The maximum absolute atomic E-state index is 10.2. The van der Waals surface area contributed by atoms with Gasteiger partial charge >= 0.3 is 0 Å². The summed E-state index contributed by atoms with van der Waals surface area (Å²) in [5, 5.41) is 10.8. The number of nitrogens with two attached hydrogens (primary N) is 1. The van der Waals surface area contributed by atoms with Crippen LogP contribution in [0.1, 0.15) is 6.92 Å². The summed E-state index contributed by atoms with van der Waals surface area (Å²) in [7, 11) is 0. The highest BCUT2D eigenvalue weighted by Crippen LogP contribution is 1.70. The minimum atomic E-state index is -0.339. The number of hydrogen-bond donors (Lipinski definition) is 3. The SMILES string of the molecule is CC(=O)NC[C@H](N)CO. The Labute approximate surface area is 54.0 Å². The number of nitrogens with one attached hydrogen (secondary N) is 1. The Kier molecular flexibility index (Phi) is 4.00. The van der Waals surface area contributed by atoms with E-state index in [1.165, 1.54) is 6.92 Å². The molecule has 4 heteroatoms. The molecule has 0 aliphatic carbocycles. The number of amides is 1. The molecule has 0 aliphatic heterocycles. The predicted molar refractivity (Wildman–Crippen MR) is 33.7 cm³/mol. The zero-order valence-corrected chi connectivity index (χ0v) is 5.42. The Morgan fingerprint density at radius 3 is 2.78 bits per heavy atom. The third-order valence-electron chi connectivity index (χ3n) is 0.848. The van der Waals surface area contributed by atoms with Crippen molar-refractivity contribution in [3.8, 4) is 0 Å². The second-order valence-electron chi connectivity index (χ2n) is 1.88. The average molecular weight is 132 g/mol. The maximum atomic E-state index is 10.2. The van der Waals surface area contributed by atoms with Gasteiger partial charge in [-0.15, -0.1) is 0 Å². The zero-order chi connectivity index (χ0) is 7.28. The van der Waals surface area contributed by atoms with Crippen LogP contribution in [-0.2, 0) is 4.79 Å². The van der Waals surface area contributed by atoms with Crippen LogP contribution in [-0.4, -0.2) is 30.2 Å². The Morgan fingerprint density at radius 2 is 2.44 bits per heavy atom. The molecule has 0 aromatic rings. The van der Waals surface area contributed by atoms with Crippen LogP contribution in [0.3, 0.4) is 0 Å². The van der Waals surface area contributed by atoms with E-state index in [9.17, 15) is 4.79 Å². The summed E-state index contributed by atoms with van der Waals surface area (Å²) in [5.74, 6) is -0.126. The van der Waals surface area contributed by atoms with Gasteiger partial charge in [0.2, 0.25) is 5.91 Å². The minimum absolute atomic E-state index is 0.0969. The molecule has 1 atom stereocenters. The van der Waals surface area contributed by atoms with Gasteiger partial charge in [-0.25, -0.2) is 0 Å². The van der Waals surface area contributed by atoms with Crippen molar-refractivity contribution < 1.29 is 9.90 Å². The number of aliphatic hydroxyl groups is 1. The highest BCUT2D eigenvalue weighted by molar-refractivity contribution is 5.72. The Hall–Kier alpha value is -0.610. The maximum Gasteiger partial charge on any atom is 0.216 e. The van der Waals surface area contributed by atoms with Crippen LogP contribution in [0.25, 0.3) is 0 Å². The molecule has 0 unspecified atom stereocenters. The van der Waals surface area contributed by atoms with E-state index in [0.29, 0.717) is 6.54 Å². The Balaban J connectivity index is 3.16. The van der Waals surface area contributed by atoms with Crippen molar-refractivity contribution in [1.29, 1.82) is 0 Å². The topological polar surface area (TPSA) is 75.4 Å². The van der Waals surface area contributed by atoms with E-state index in [1.54, 1.807) is 0 Å². The van der Waals surface area contributed by atoms with Crippen molar-refractivity contribution in [2.75, 3.05) is 13.2 Å². The molecule has 0 fully saturated rings. The molecule has 1 amide bonds. The average Bonchev–Trinajstić information content (AvgIpc) is 1.83. The van der Waals surface area contributed by atoms with Gasteiger partial charge < -0.3 is 16.2 Å². The fourth-order valence-electron chi connectivity index (χ4n) is 0.339. The normalized spacial score (nSPS) is 12.8. The summed E-state index contributed by atoms with van der Waals surface area (Å²) < 4.78 is 0. The first kappa shape index (κ1) is 8.39. The van der Waals surface area contributed by atoms with Crippen LogP contribution in [0.4, 0.5) is 0 Å². The van der Waals surface area contributed by atoms with Crippen molar-refractivity contribution >= 4 is 5.91 Å². The molecule has 0 rings (SSSR count). The van der Waals surface area contributed by atoms with Gasteiger partial charge in [0.05, 0.1) is 6.61 Å². The third-order valence-corrected chi connectivity index (χ3v) is 0.848. The molecular weight excluding hydrogens is 120 g/mol. The van der Waals surface area contributed by atoms with Gasteiger partial charge in [-0.3, -0.25) is 4.79 Å². The highest BCUT2D eigenvalue weighted by Gasteiger charge is 1.98. The molecule has 0 aromatic heterocycles. The standard InChI is InChI=1S/C5H12N2O2/c1-4(9)7-2-5(6)3-8/h5,8H,2-3,6H2,1H3,(H,7,9)/t5-/m0/s1. The predicted octanol–water partition coefficient (Wildman–Crippen LogP) is -1.56.